The maximum atomic E-state index is 12.6. The van der Waals surface area contributed by atoms with Crippen LogP contribution in [0, 0.1) is 0 Å². The molecule has 1 fully saturated rings. The van der Waals surface area contributed by atoms with Crippen LogP contribution in [0.2, 0.25) is 5.02 Å². The highest BCUT2D eigenvalue weighted by Gasteiger charge is 2.29. The number of aromatic nitrogens is 1. The fourth-order valence-electron chi connectivity index (χ4n) is 4.50. The van der Waals surface area contributed by atoms with Gasteiger partial charge in [0.2, 0.25) is 0 Å². The van der Waals surface area contributed by atoms with Crippen molar-refractivity contribution in [2.45, 2.75) is 44.7 Å². The van der Waals surface area contributed by atoms with Crippen LogP contribution in [0.1, 0.15) is 48.2 Å². The number of rotatable bonds is 5. The van der Waals surface area contributed by atoms with Gasteiger partial charge in [-0.25, -0.2) is 0 Å². The number of halogens is 2. The number of nitrogens with one attached hydrogen (secondary N) is 2. The molecular weight excluding hydrogens is 417 g/mol. The molecule has 2 N–H and O–H groups in total. The highest BCUT2D eigenvalue weighted by Crippen LogP contribution is 2.28. The van der Waals surface area contributed by atoms with Crippen molar-refractivity contribution in [3.05, 3.63) is 64.8 Å². The zero-order chi connectivity index (χ0) is 20.4. The Morgan fingerprint density at radius 2 is 1.77 bits per heavy atom. The Bertz CT molecular complexity index is 1000. The van der Waals surface area contributed by atoms with Gasteiger partial charge in [-0.2, -0.15) is 0 Å². The molecule has 160 valence electrons. The molecule has 0 radical (unpaired) electrons. The largest absolute Gasteiger partial charge is 1.00 e. The lowest BCUT2D eigenvalue weighted by molar-refractivity contribution is -0.929. The Balaban J connectivity index is 0.00000256. The van der Waals surface area contributed by atoms with Gasteiger partial charge in [-0.3, -0.25) is 4.79 Å². The number of aromatic amines is 1. The van der Waals surface area contributed by atoms with Crippen LogP contribution in [0.5, 0.6) is 0 Å². The second-order valence-electron chi connectivity index (χ2n) is 8.79. The third kappa shape index (κ3) is 5.18. The van der Waals surface area contributed by atoms with Crippen molar-refractivity contribution < 1.29 is 21.7 Å². The van der Waals surface area contributed by atoms with Crippen LogP contribution in [-0.4, -0.2) is 35.5 Å². The van der Waals surface area contributed by atoms with E-state index in [1.807, 2.05) is 36.4 Å². The van der Waals surface area contributed by atoms with Crippen LogP contribution in [0.4, 0.5) is 5.69 Å². The Morgan fingerprint density at radius 1 is 1.07 bits per heavy atom. The van der Waals surface area contributed by atoms with Gasteiger partial charge in [0.05, 0.1) is 20.1 Å². The summed E-state index contributed by atoms with van der Waals surface area (Å²) < 4.78 is 1.03. The summed E-state index contributed by atoms with van der Waals surface area (Å²) >= 11 is 6.03. The van der Waals surface area contributed by atoms with Crippen LogP contribution in [0.25, 0.3) is 10.9 Å². The zero-order valence-electron chi connectivity index (χ0n) is 17.6. The molecule has 0 spiro atoms. The zero-order valence-corrected chi connectivity index (χ0v) is 19.1. The predicted molar refractivity (Wildman–Crippen MR) is 120 cm³/mol. The van der Waals surface area contributed by atoms with Gasteiger partial charge in [-0.15, -0.1) is 0 Å². The van der Waals surface area contributed by atoms with Gasteiger partial charge in [0, 0.05) is 27.2 Å². The van der Waals surface area contributed by atoms with E-state index in [9.17, 15) is 4.79 Å². The second-order valence-corrected chi connectivity index (χ2v) is 9.23. The van der Waals surface area contributed by atoms with Crippen LogP contribution >= 0.6 is 11.6 Å². The molecule has 6 heteroatoms. The first-order valence-corrected chi connectivity index (χ1v) is 10.8. The SMILES string of the molecule is C[N+](C)(Cc1ccc(NC(=O)c2cc3cc(Cl)ccc3[nH]2)cc1)C1CCCCC1.[Cl-]. The number of amides is 1. The molecule has 0 bridgehead atoms. The molecule has 1 aliphatic carbocycles. The van der Waals surface area contributed by atoms with E-state index in [4.69, 9.17) is 11.6 Å². The van der Waals surface area contributed by atoms with Gasteiger partial charge in [0.15, 0.2) is 0 Å². The summed E-state index contributed by atoms with van der Waals surface area (Å²) in [7, 11) is 4.68. The number of carbonyl (C=O) groups is 1. The van der Waals surface area contributed by atoms with Gasteiger partial charge in [-0.05, 0) is 62.1 Å². The normalized spacial score (nSPS) is 15.0. The fourth-order valence-corrected chi connectivity index (χ4v) is 4.68. The number of quaternary nitrogens is 1. The van der Waals surface area contributed by atoms with Gasteiger partial charge in [0.1, 0.15) is 12.2 Å². The molecule has 1 amide bonds. The van der Waals surface area contributed by atoms with Crippen LogP contribution in [0.3, 0.4) is 0 Å². The molecule has 0 unspecified atom stereocenters. The van der Waals surface area contributed by atoms with Gasteiger partial charge in [0.25, 0.3) is 5.91 Å². The van der Waals surface area contributed by atoms with Crippen molar-refractivity contribution in [1.29, 1.82) is 0 Å². The minimum Gasteiger partial charge on any atom is -1.00 e. The number of nitrogens with zero attached hydrogens (tertiary/aromatic N) is 1. The van der Waals surface area contributed by atoms with Crippen molar-refractivity contribution in [1.82, 2.24) is 4.98 Å². The number of hydrogen-bond acceptors (Lipinski definition) is 1. The Morgan fingerprint density at radius 3 is 2.47 bits per heavy atom. The summed E-state index contributed by atoms with van der Waals surface area (Å²) in [6.45, 7) is 1.02. The lowest BCUT2D eigenvalue weighted by Crippen LogP contribution is -3.00. The molecule has 0 saturated heterocycles. The number of carbonyl (C=O) groups excluding carboxylic acids is 1. The summed E-state index contributed by atoms with van der Waals surface area (Å²) in [6.07, 6.45) is 6.76. The highest BCUT2D eigenvalue weighted by molar-refractivity contribution is 6.31. The number of anilines is 1. The first-order chi connectivity index (χ1) is 13.9. The van der Waals surface area contributed by atoms with Crippen molar-refractivity contribution >= 4 is 34.1 Å². The second kappa shape index (κ2) is 9.42. The molecule has 30 heavy (non-hydrogen) atoms. The van der Waals surface area contributed by atoms with Gasteiger partial charge < -0.3 is 27.2 Å². The number of fused-ring (bicyclic) bond motifs is 1. The molecule has 0 aliphatic heterocycles. The predicted octanol–water partition coefficient (Wildman–Crippen LogP) is 2.99. The molecule has 2 aromatic carbocycles. The molecule has 1 heterocycles. The fraction of sp³-hybridized carbons (Fsp3) is 0.375. The van der Waals surface area contributed by atoms with E-state index in [1.165, 1.54) is 37.7 Å². The summed E-state index contributed by atoms with van der Waals surface area (Å²) in [6, 6.07) is 16.4. The van der Waals surface area contributed by atoms with Crippen molar-refractivity contribution in [2.24, 2.45) is 0 Å². The Labute approximate surface area is 189 Å². The van der Waals surface area contributed by atoms with Crippen molar-refractivity contribution in [3.8, 4) is 0 Å². The third-order valence-electron chi connectivity index (χ3n) is 6.19. The molecule has 4 nitrogen and oxygen atoms in total. The lowest BCUT2D eigenvalue weighted by atomic mass is 9.92. The third-order valence-corrected chi connectivity index (χ3v) is 6.43. The van der Waals surface area contributed by atoms with Gasteiger partial charge in [-0.1, -0.05) is 30.2 Å². The maximum absolute atomic E-state index is 12.6. The van der Waals surface area contributed by atoms with Crippen LogP contribution in [-0.2, 0) is 6.54 Å². The van der Waals surface area contributed by atoms with Crippen molar-refractivity contribution in [3.63, 3.8) is 0 Å². The Hall–Kier alpha value is -2.01. The minimum absolute atomic E-state index is 0. The molecule has 1 aliphatic rings. The van der Waals surface area contributed by atoms with E-state index >= 15 is 0 Å². The van der Waals surface area contributed by atoms with E-state index < -0.39 is 0 Å². The Kier molecular flexibility index (Phi) is 7.12. The van der Waals surface area contributed by atoms with Crippen LogP contribution < -0.4 is 17.7 Å². The smallest absolute Gasteiger partial charge is 0.272 e. The van der Waals surface area contributed by atoms with E-state index in [0.717, 1.165) is 33.7 Å². The summed E-state index contributed by atoms with van der Waals surface area (Å²) in [5, 5.41) is 4.57. The van der Waals surface area contributed by atoms with E-state index in [0.29, 0.717) is 10.7 Å². The standard InChI is InChI=1S/C24H28ClN3O.ClH/c1-28(2,21-6-4-3-5-7-21)16-17-8-11-20(12-9-17)26-24(29)23-15-18-14-19(25)10-13-22(18)27-23;/h8-15,21H,3-7,16H2,1-2H3,(H-,26,27,29);1H. The maximum Gasteiger partial charge on any atom is 0.272 e. The average Bonchev–Trinajstić information content (AvgIpc) is 3.13. The average molecular weight is 446 g/mol. The molecule has 1 saturated carbocycles. The van der Waals surface area contributed by atoms with E-state index in [-0.39, 0.29) is 18.3 Å². The molecule has 3 aromatic rings. The van der Waals surface area contributed by atoms with Crippen LogP contribution in [0.15, 0.2) is 48.5 Å². The van der Waals surface area contributed by atoms with E-state index in [2.05, 4.69) is 36.5 Å². The summed E-state index contributed by atoms with van der Waals surface area (Å²) in [4.78, 5) is 15.8. The minimum atomic E-state index is -0.150. The van der Waals surface area contributed by atoms with E-state index in [1.54, 1.807) is 0 Å². The number of hydrogen-bond donors (Lipinski definition) is 2. The topological polar surface area (TPSA) is 44.9 Å². The summed E-state index contributed by atoms with van der Waals surface area (Å²) in [5.74, 6) is -0.150. The molecular formula is C24H29Cl2N3O. The summed E-state index contributed by atoms with van der Waals surface area (Å²) in [5.41, 5.74) is 3.54. The first-order valence-electron chi connectivity index (χ1n) is 10.4. The first kappa shape index (κ1) is 22.7. The molecule has 0 atom stereocenters. The quantitative estimate of drug-likeness (QED) is 0.582. The molecule has 1 aromatic heterocycles. The number of benzene rings is 2. The highest BCUT2D eigenvalue weighted by atomic mass is 35.5. The lowest BCUT2D eigenvalue weighted by Gasteiger charge is -2.40. The van der Waals surface area contributed by atoms with Crippen molar-refractivity contribution in [2.75, 3.05) is 19.4 Å². The monoisotopic (exact) mass is 445 g/mol. The number of H-pyrrole nitrogens is 1. The molecule has 4 rings (SSSR count). The van der Waals surface area contributed by atoms with Gasteiger partial charge >= 0.3 is 0 Å².